The number of hydrogen-bond donors (Lipinski definition) is 1. The fourth-order valence-corrected chi connectivity index (χ4v) is 3.45. The number of hydrogen-bond acceptors (Lipinski definition) is 4. The van der Waals surface area contributed by atoms with Crippen molar-refractivity contribution in [1.82, 2.24) is 20.1 Å². The molecule has 3 aromatic rings. The second kappa shape index (κ2) is 7.29. The number of rotatable bonds is 6. The smallest absolute Gasteiger partial charge is 0.238 e. The molecule has 0 spiro atoms. The van der Waals surface area contributed by atoms with Crippen molar-refractivity contribution in [2.45, 2.75) is 29.3 Å². The van der Waals surface area contributed by atoms with Crippen LogP contribution >= 0.6 is 11.8 Å². The molecule has 1 aliphatic carbocycles. The van der Waals surface area contributed by atoms with Crippen LogP contribution in [0.5, 0.6) is 0 Å². The molecule has 1 aromatic heterocycles. The lowest BCUT2D eigenvalue weighted by molar-refractivity contribution is -0.120. The van der Waals surface area contributed by atoms with Gasteiger partial charge in [-0.05, 0) is 42.7 Å². The minimum absolute atomic E-state index is 0.0971. The Labute approximate surface area is 154 Å². The van der Waals surface area contributed by atoms with Gasteiger partial charge in [0.05, 0.1) is 5.69 Å². The Balaban J connectivity index is 1.57. The molecule has 7 heteroatoms. The molecule has 1 unspecified atom stereocenters. The molecule has 4 rings (SSSR count). The molecule has 1 N–H and O–H groups in total. The molecule has 1 aliphatic rings. The largest absolute Gasteiger partial charge is 0.352 e. The number of carbonyl (C=O) groups is 1. The van der Waals surface area contributed by atoms with Crippen molar-refractivity contribution in [3.8, 4) is 5.69 Å². The number of carbonyl (C=O) groups excluding carboxylic acids is 1. The molecule has 1 heterocycles. The normalized spacial score (nSPS) is 14.8. The Morgan fingerprint density at radius 2 is 1.88 bits per heavy atom. The Morgan fingerprint density at radius 1 is 1.15 bits per heavy atom. The summed E-state index contributed by atoms with van der Waals surface area (Å²) in [4.78, 5) is 17.0. The number of halogens is 1. The van der Waals surface area contributed by atoms with E-state index in [0.29, 0.717) is 5.16 Å². The van der Waals surface area contributed by atoms with Crippen molar-refractivity contribution in [2.75, 3.05) is 0 Å². The van der Waals surface area contributed by atoms with Crippen LogP contribution in [0.2, 0.25) is 0 Å². The van der Waals surface area contributed by atoms with Crippen LogP contribution < -0.4 is 5.32 Å². The molecule has 26 heavy (non-hydrogen) atoms. The molecule has 2 aromatic carbocycles. The maximum Gasteiger partial charge on any atom is 0.238 e. The highest BCUT2D eigenvalue weighted by molar-refractivity contribution is 8.00. The molecule has 0 bridgehead atoms. The van der Waals surface area contributed by atoms with Crippen molar-refractivity contribution in [2.24, 2.45) is 0 Å². The minimum atomic E-state index is -0.525. The summed E-state index contributed by atoms with van der Waals surface area (Å²) in [7, 11) is 0. The van der Waals surface area contributed by atoms with Crippen LogP contribution in [-0.4, -0.2) is 26.7 Å². The summed E-state index contributed by atoms with van der Waals surface area (Å²) in [6.07, 6.45) is 3.64. The average Bonchev–Trinajstić information content (AvgIpc) is 3.35. The molecular weight excluding hydrogens is 351 g/mol. The van der Waals surface area contributed by atoms with Crippen LogP contribution in [0.1, 0.15) is 23.7 Å². The third-order valence-electron chi connectivity index (χ3n) is 4.05. The quantitative estimate of drug-likeness (QED) is 0.677. The molecule has 1 atom stereocenters. The zero-order valence-electron chi connectivity index (χ0n) is 13.9. The first kappa shape index (κ1) is 16.8. The Kier molecular flexibility index (Phi) is 4.71. The van der Waals surface area contributed by atoms with E-state index < -0.39 is 5.25 Å². The maximum atomic E-state index is 13.3. The SMILES string of the molecule is O=C(NC1CC1)C(Sc1ncn(-c2ccccc2)n1)c1ccc(F)cc1. The van der Waals surface area contributed by atoms with Crippen LogP contribution in [0.25, 0.3) is 5.69 Å². The van der Waals surface area contributed by atoms with E-state index in [4.69, 9.17) is 0 Å². The Hall–Kier alpha value is -2.67. The molecular formula is C19H17FN4OS. The second-order valence-electron chi connectivity index (χ2n) is 6.14. The van der Waals surface area contributed by atoms with Gasteiger partial charge in [0.25, 0.3) is 0 Å². The van der Waals surface area contributed by atoms with Gasteiger partial charge < -0.3 is 5.32 Å². The number of amides is 1. The average molecular weight is 368 g/mol. The summed E-state index contributed by atoms with van der Waals surface area (Å²) >= 11 is 1.26. The maximum absolute atomic E-state index is 13.3. The van der Waals surface area contributed by atoms with Gasteiger partial charge in [-0.15, -0.1) is 5.10 Å². The van der Waals surface area contributed by atoms with E-state index in [9.17, 15) is 9.18 Å². The van der Waals surface area contributed by atoms with Crippen molar-refractivity contribution in [3.63, 3.8) is 0 Å². The Morgan fingerprint density at radius 3 is 2.58 bits per heavy atom. The first-order valence-corrected chi connectivity index (χ1v) is 9.26. The van der Waals surface area contributed by atoms with Gasteiger partial charge in [0, 0.05) is 6.04 Å². The summed E-state index contributed by atoms with van der Waals surface area (Å²) in [6.45, 7) is 0. The molecule has 0 radical (unpaired) electrons. The van der Waals surface area contributed by atoms with Gasteiger partial charge in [-0.1, -0.05) is 42.1 Å². The summed E-state index contributed by atoms with van der Waals surface area (Å²) in [6, 6.07) is 15.9. The van der Waals surface area contributed by atoms with Crippen LogP contribution in [0.3, 0.4) is 0 Å². The fourth-order valence-electron chi connectivity index (χ4n) is 2.53. The van der Waals surface area contributed by atoms with Crippen LogP contribution in [0.15, 0.2) is 66.1 Å². The number of nitrogens with one attached hydrogen (secondary N) is 1. The summed E-state index contributed by atoms with van der Waals surface area (Å²) in [5.74, 6) is -0.424. The van der Waals surface area contributed by atoms with Gasteiger partial charge in [-0.2, -0.15) is 0 Å². The summed E-state index contributed by atoms with van der Waals surface area (Å²) < 4.78 is 14.9. The summed E-state index contributed by atoms with van der Waals surface area (Å²) in [5, 5.41) is 7.43. The van der Waals surface area contributed by atoms with Crippen molar-refractivity contribution in [3.05, 3.63) is 72.3 Å². The fraction of sp³-hybridized carbons (Fsp3) is 0.211. The molecule has 1 amide bonds. The van der Waals surface area contributed by atoms with E-state index >= 15 is 0 Å². The van der Waals surface area contributed by atoms with Crippen molar-refractivity contribution < 1.29 is 9.18 Å². The van der Waals surface area contributed by atoms with Gasteiger partial charge in [-0.3, -0.25) is 4.79 Å². The van der Waals surface area contributed by atoms with E-state index in [1.54, 1.807) is 23.1 Å². The van der Waals surface area contributed by atoms with Crippen LogP contribution in [0.4, 0.5) is 4.39 Å². The number of aromatic nitrogens is 3. The van der Waals surface area contributed by atoms with Gasteiger partial charge in [0.1, 0.15) is 17.4 Å². The predicted molar refractivity (Wildman–Crippen MR) is 97.5 cm³/mol. The van der Waals surface area contributed by atoms with Crippen LogP contribution in [0, 0.1) is 5.82 Å². The third-order valence-corrected chi connectivity index (χ3v) is 5.17. The highest BCUT2D eigenvalue weighted by atomic mass is 32.2. The molecule has 1 fully saturated rings. The van der Waals surface area contributed by atoms with E-state index in [1.165, 1.54) is 23.9 Å². The molecule has 0 aliphatic heterocycles. The topological polar surface area (TPSA) is 59.8 Å². The lowest BCUT2D eigenvalue weighted by Crippen LogP contribution is -2.29. The summed E-state index contributed by atoms with van der Waals surface area (Å²) in [5.41, 5.74) is 1.62. The number of benzene rings is 2. The van der Waals surface area contributed by atoms with Crippen molar-refractivity contribution in [1.29, 1.82) is 0 Å². The predicted octanol–water partition coefficient (Wildman–Crippen LogP) is 3.52. The first-order valence-electron chi connectivity index (χ1n) is 8.38. The van der Waals surface area contributed by atoms with Crippen LogP contribution in [-0.2, 0) is 4.79 Å². The standard InChI is InChI=1S/C19H17FN4OS/c20-14-8-6-13(7-9-14)17(18(25)22-15-10-11-15)26-19-21-12-24(23-19)16-4-2-1-3-5-16/h1-9,12,15,17H,10-11H2,(H,22,25). The van der Waals surface area contributed by atoms with Gasteiger partial charge >= 0.3 is 0 Å². The lowest BCUT2D eigenvalue weighted by atomic mass is 10.1. The zero-order valence-corrected chi connectivity index (χ0v) is 14.7. The molecule has 132 valence electrons. The van der Waals surface area contributed by atoms with Gasteiger partial charge in [0.2, 0.25) is 11.1 Å². The monoisotopic (exact) mass is 368 g/mol. The number of para-hydroxylation sites is 1. The van der Waals surface area contributed by atoms with E-state index in [1.807, 2.05) is 30.3 Å². The lowest BCUT2D eigenvalue weighted by Gasteiger charge is -2.15. The number of thioether (sulfide) groups is 1. The van der Waals surface area contributed by atoms with E-state index in [-0.39, 0.29) is 17.8 Å². The highest BCUT2D eigenvalue weighted by Gasteiger charge is 2.30. The molecule has 0 saturated heterocycles. The second-order valence-corrected chi connectivity index (χ2v) is 7.21. The minimum Gasteiger partial charge on any atom is -0.352 e. The molecule has 5 nitrogen and oxygen atoms in total. The molecule has 1 saturated carbocycles. The van der Waals surface area contributed by atoms with E-state index in [2.05, 4.69) is 15.4 Å². The van der Waals surface area contributed by atoms with Gasteiger partial charge in [0.15, 0.2) is 0 Å². The number of nitrogens with zero attached hydrogens (tertiary/aromatic N) is 3. The third kappa shape index (κ3) is 3.94. The first-order chi connectivity index (χ1) is 12.7. The van der Waals surface area contributed by atoms with Gasteiger partial charge in [-0.25, -0.2) is 14.1 Å². The zero-order chi connectivity index (χ0) is 17.9. The van der Waals surface area contributed by atoms with Crippen molar-refractivity contribution >= 4 is 17.7 Å². The Bertz CT molecular complexity index is 893. The van der Waals surface area contributed by atoms with E-state index in [0.717, 1.165) is 24.1 Å². The highest BCUT2D eigenvalue weighted by Crippen LogP contribution is 2.35.